The van der Waals surface area contributed by atoms with Gasteiger partial charge in [0.2, 0.25) is 0 Å². The first-order valence-electron chi connectivity index (χ1n) is 9.86. The zero-order chi connectivity index (χ0) is 21.8. The zero-order valence-corrected chi connectivity index (χ0v) is 17.8. The van der Waals surface area contributed by atoms with Gasteiger partial charge in [0.05, 0.1) is 11.6 Å². The van der Waals surface area contributed by atoms with Gasteiger partial charge in [0.15, 0.2) is 16.6 Å². The van der Waals surface area contributed by atoms with E-state index in [1.807, 2.05) is 42.8 Å². The number of nitrogens with one attached hydrogen (secondary N) is 2. The van der Waals surface area contributed by atoms with E-state index in [4.69, 9.17) is 0 Å². The number of thiazole rings is 1. The summed E-state index contributed by atoms with van der Waals surface area (Å²) in [7, 11) is 0. The van der Waals surface area contributed by atoms with Crippen LogP contribution in [0.5, 0.6) is 0 Å². The number of carbonyl (C=O) groups excluding carboxylic acids is 1. The molecule has 0 bridgehead atoms. The average Bonchev–Trinajstić information content (AvgIpc) is 3.43. The molecule has 0 unspecified atom stereocenters. The maximum absolute atomic E-state index is 12.8. The fourth-order valence-corrected chi connectivity index (χ4v) is 3.80. The van der Waals surface area contributed by atoms with E-state index >= 15 is 0 Å². The SMILES string of the molecule is C=C(O)[C@H](CCC)NC(=O)c1cccn2c(-c3ccc(Nc4nccs4)cc3)nnc12. The summed E-state index contributed by atoms with van der Waals surface area (Å²) in [5.41, 5.74) is 2.60. The van der Waals surface area contributed by atoms with Crippen molar-refractivity contribution in [3.63, 3.8) is 0 Å². The Morgan fingerprint density at radius 3 is 2.74 bits per heavy atom. The lowest BCUT2D eigenvalue weighted by Crippen LogP contribution is -2.36. The summed E-state index contributed by atoms with van der Waals surface area (Å²) in [6.07, 6.45) is 4.97. The zero-order valence-electron chi connectivity index (χ0n) is 16.9. The quantitative estimate of drug-likeness (QED) is 0.351. The molecule has 0 aliphatic heterocycles. The maximum atomic E-state index is 12.8. The molecule has 0 saturated heterocycles. The molecule has 9 heteroatoms. The molecule has 31 heavy (non-hydrogen) atoms. The highest BCUT2D eigenvalue weighted by Crippen LogP contribution is 2.24. The van der Waals surface area contributed by atoms with Crippen LogP contribution < -0.4 is 10.6 Å². The van der Waals surface area contributed by atoms with Gasteiger partial charge in [-0.05, 0) is 42.8 Å². The van der Waals surface area contributed by atoms with Crippen LogP contribution in [0, 0.1) is 0 Å². The second-order valence-electron chi connectivity index (χ2n) is 6.98. The summed E-state index contributed by atoms with van der Waals surface area (Å²) in [6.45, 7) is 5.53. The van der Waals surface area contributed by atoms with E-state index in [0.717, 1.165) is 22.8 Å². The number of aliphatic hydroxyl groups excluding tert-OH is 1. The van der Waals surface area contributed by atoms with Gasteiger partial charge >= 0.3 is 0 Å². The number of nitrogens with zero attached hydrogens (tertiary/aromatic N) is 4. The Balaban J connectivity index is 1.60. The number of anilines is 2. The molecule has 0 fully saturated rings. The lowest BCUT2D eigenvalue weighted by atomic mass is 10.1. The highest BCUT2D eigenvalue weighted by Gasteiger charge is 2.20. The summed E-state index contributed by atoms with van der Waals surface area (Å²) in [5.74, 6) is 0.235. The molecule has 158 valence electrons. The Morgan fingerprint density at radius 1 is 1.26 bits per heavy atom. The Hall–Kier alpha value is -3.72. The first kappa shape index (κ1) is 20.5. The van der Waals surface area contributed by atoms with Crippen LogP contribution >= 0.6 is 11.3 Å². The summed E-state index contributed by atoms with van der Waals surface area (Å²) < 4.78 is 1.78. The van der Waals surface area contributed by atoms with Crippen LogP contribution in [0.3, 0.4) is 0 Å². The van der Waals surface area contributed by atoms with Crippen LogP contribution in [0.4, 0.5) is 10.8 Å². The minimum Gasteiger partial charge on any atom is -0.511 e. The molecule has 1 amide bonds. The van der Waals surface area contributed by atoms with Gasteiger partial charge in [-0.15, -0.1) is 21.5 Å². The Morgan fingerprint density at radius 2 is 2.06 bits per heavy atom. The second-order valence-corrected chi connectivity index (χ2v) is 7.88. The fourth-order valence-electron chi connectivity index (χ4n) is 3.25. The van der Waals surface area contributed by atoms with Crippen molar-refractivity contribution >= 4 is 33.7 Å². The normalized spacial score (nSPS) is 11.9. The first-order chi connectivity index (χ1) is 15.1. The number of aromatic nitrogens is 4. The van der Waals surface area contributed by atoms with Crippen LogP contribution in [0.2, 0.25) is 0 Å². The minimum atomic E-state index is -0.502. The molecule has 8 nitrogen and oxygen atoms in total. The number of pyridine rings is 1. The van der Waals surface area contributed by atoms with Gasteiger partial charge in [-0.1, -0.05) is 19.9 Å². The summed E-state index contributed by atoms with van der Waals surface area (Å²) >= 11 is 1.53. The van der Waals surface area contributed by atoms with E-state index in [0.29, 0.717) is 23.5 Å². The van der Waals surface area contributed by atoms with Crippen molar-refractivity contribution in [3.8, 4) is 11.4 Å². The Kier molecular flexibility index (Phi) is 5.94. The van der Waals surface area contributed by atoms with E-state index in [2.05, 4.69) is 32.4 Å². The third-order valence-corrected chi connectivity index (χ3v) is 5.48. The van der Waals surface area contributed by atoms with Crippen LogP contribution in [-0.2, 0) is 0 Å². The number of fused-ring (bicyclic) bond motifs is 1. The molecule has 0 saturated carbocycles. The first-order valence-corrected chi connectivity index (χ1v) is 10.7. The standard InChI is InChI=1S/C22H22N6O2S/c1-3-5-18(14(2)29)25-21(30)17-6-4-12-28-19(26-27-20(17)28)15-7-9-16(10-8-15)24-22-23-11-13-31-22/h4,6-13,18,29H,2-3,5H2,1H3,(H,23,24)(H,25,30)/t18-/m0/s1. The van der Waals surface area contributed by atoms with Crippen LogP contribution in [0.15, 0.2) is 66.5 Å². The van der Waals surface area contributed by atoms with Gasteiger partial charge in [0.25, 0.3) is 5.91 Å². The molecule has 0 aliphatic carbocycles. The molecule has 4 aromatic rings. The summed E-state index contributed by atoms with van der Waals surface area (Å²) in [5, 5.41) is 27.1. The smallest absolute Gasteiger partial charge is 0.255 e. The molecule has 0 radical (unpaired) electrons. The van der Waals surface area contributed by atoms with Gasteiger partial charge < -0.3 is 15.7 Å². The molecule has 3 heterocycles. The van der Waals surface area contributed by atoms with Crippen LogP contribution in [0.1, 0.15) is 30.1 Å². The molecule has 0 aliphatic rings. The third-order valence-electron chi connectivity index (χ3n) is 4.79. The second kappa shape index (κ2) is 8.97. The maximum Gasteiger partial charge on any atom is 0.255 e. The predicted octanol–water partition coefficient (Wildman–Crippen LogP) is 4.57. The highest BCUT2D eigenvalue weighted by molar-refractivity contribution is 7.13. The molecule has 4 rings (SSSR count). The predicted molar refractivity (Wildman–Crippen MR) is 122 cm³/mol. The highest BCUT2D eigenvalue weighted by atomic mass is 32.1. The van der Waals surface area contributed by atoms with E-state index in [9.17, 15) is 9.90 Å². The van der Waals surface area contributed by atoms with Crippen molar-refractivity contribution in [2.24, 2.45) is 0 Å². The van der Waals surface area contributed by atoms with E-state index < -0.39 is 6.04 Å². The van der Waals surface area contributed by atoms with Gasteiger partial charge in [-0.25, -0.2) is 4.98 Å². The molecular weight excluding hydrogens is 412 g/mol. The number of aliphatic hydroxyl groups is 1. The lowest BCUT2D eigenvalue weighted by molar-refractivity contribution is 0.0932. The Bertz CT molecular complexity index is 1200. The molecular formula is C22H22N6O2S. The van der Waals surface area contributed by atoms with Crippen molar-refractivity contribution in [3.05, 3.63) is 72.1 Å². The lowest BCUT2D eigenvalue weighted by Gasteiger charge is -2.16. The van der Waals surface area contributed by atoms with E-state index in [1.54, 1.807) is 22.7 Å². The van der Waals surface area contributed by atoms with Crippen molar-refractivity contribution in [2.75, 3.05) is 5.32 Å². The summed E-state index contributed by atoms with van der Waals surface area (Å²) in [6, 6.07) is 10.7. The number of carbonyl (C=O) groups is 1. The number of hydrogen-bond donors (Lipinski definition) is 3. The fraction of sp³-hybridized carbons (Fsp3) is 0.182. The minimum absolute atomic E-state index is 0.0595. The number of rotatable bonds is 8. The van der Waals surface area contributed by atoms with Crippen molar-refractivity contribution in [2.45, 2.75) is 25.8 Å². The largest absolute Gasteiger partial charge is 0.511 e. The Labute approximate surface area is 183 Å². The number of hydrogen-bond acceptors (Lipinski definition) is 7. The molecule has 1 aromatic carbocycles. The molecule has 3 aromatic heterocycles. The van der Waals surface area contributed by atoms with Crippen molar-refractivity contribution in [1.82, 2.24) is 24.9 Å². The number of benzene rings is 1. The third kappa shape index (κ3) is 4.41. The molecule has 0 spiro atoms. The van der Waals surface area contributed by atoms with E-state index in [-0.39, 0.29) is 11.7 Å². The topological polar surface area (TPSA) is 104 Å². The van der Waals surface area contributed by atoms with Crippen LogP contribution in [-0.4, -0.2) is 36.6 Å². The van der Waals surface area contributed by atoms with Crippen LogP contribution in [0.25, 0.3) is 17.0 Å². The monoisotopic (exact) mass is 434 g/mol. The van der Waals surface area contributed by atoms with Crippen molar-refractivity contribution < 1.29 is 9.90 Å². The molecule has 3 N–H and O–H groups in total. The molecule has 1 atom stereocenters. The van der Waals surface area contributed by atoms with Crippen molar-refractivity contribution in [1.29, 1.82) is 0 Å². The number of amides is 1. The van der Waals surface area contributed by atoms with Gasteiger partial charge in [0, 0.05) is 29.0 Å². The van der Waals surface area contributed by atoms with Gasteiger partial charge in [-0.3, -0.25) is 9.20 Å². The van der Waals surface area contributed by atoms with E-state index in [1.165, 1.54) is 11.3 Å². The average molecular weight is 435 g/mol. The van der Waals surface area contributed by atoms with Gasteiger partial charge in [0.1, 0.15) is 5.76 Å². The van der Waals surface area contributed by atoms with Gasteiger partial charge in [-0.2, -0.15) is 0 Å². The summed E-state index contributed by atoms with van der Waals surface area (Å²) in [4.78, 5) is 17.0.